The van der Waals surface area contributed by atoms with Crippen LogP contribution in [0.25, 0.3) is 32.7 Å². The minimum absolute atomic E-state index is 0.0302. The van der Waals surface area contributed by atoms with Gasteiger partial charge in [-0.1, -0.05) is 42.4 Å². The molecule has 3 atom stereocenters. The van der Waals surface area contributed by atoms with Gasteiger partial charge in [0, 0.05) is 46.9 Å². The molecule has 7 N–H and O–H groups in total. The number of hydrogen-bond donors (Lipinski definition) is 7. The third-order valence-corrected chi connectivity index (χ3v) is 13.6. The number of ether oxygens (including phenoxy) is 6. The molecule has 0 bridgehead atoms. The molecule has 0 saturated carbocycles. The van der Waals surface area contributed by atoms with E-state index in [9.17, 15) is 43.5 Å². The van der Waals surface area contributed by atoms with Crippen LogP contribution in [-0.2, 0) is 93.6 Å². The molecular formula is C53H64FN11O15. The van der Waals surface area contributed by atoms with E-state index in [1.54, 1.807) is 50.2 Å². The fraction of sp³-hybridized carbons (Fsp3) is 0.491. The second-order valence-corrected chi connectivity index (χ2v) is 18.8. The second kappa shape index (κ2) is 28.8. The zero-order valence-electron chi connectivity index (χ0n) is 44.3. The number of pyridine rings is 2. The molecular weight excluding hydrogens is 1050 g/mol. The summed E-state index contributed by atoms with van der Waals surface area (Å²) in [4.78, 5) is 111. The van der Waals surface area contributed by atoms with Crippen molar-refractivity contribution >= 4 is 52.3 Å². The molecule has 0 fully saturated rings. The van der Waals surface area contributed by atoms with Crippen molar-refractivity contribution in [1.82, 2.24) is 41.5 Å². The highest BCUT2D eigenvalue weighted by atomic mass is 19.1. The van der Waals surface area contributed by atoms with E-state index in [1.165, 1.54) is 10.6 Å². The number of benzene rings is 2. The first-order valence-corrected chi connectivity index (χ1v) is 26.0. The fourth-order valence-corrected chi connectivity index (χ4v) is 9.45. The molecule has 6 amide bonds. The zero-order chi connectivity index (χ0) is 57.2. The van der Waals surface area contributed by atoms with Crippen molar-refractivity contribution in [2.75, 3.05) is 92.4 Å². The molecule has 2 aromatic heterocycles. The van der Waals surface area contributed by atoms with Gasteiger partial charge in [-0.05, 0) is 60.0 Å². The van der Waals surface area contributed by atoms with Gasteiger partial charge in [0.05, 0.1) is 108 Å². The number of rotatable bonds is 31. The van der Waals surface area contributed by atoms with E-state index in [1.807, 2.05) is 0 Å². The molecule has 27 heteroatoms. The van der Waals surface area contributed by atoms with E-state index in [4.69, 9.17) is 38.9 Å². The average molecular weight is 1110 g/mol. The van der Waals surface area contributed by atoms with Crippen LogP contribution in [0.15, 0.2) is 52.4 Å². The van der Waals surface area contributed by atoms with E-state index in [0.717, 1.165) is 5.56 Å². The maximum atomic E-state index is 15.4. The van der Waals surface area contributed by atoms with E-state index in [0.29, 0.717) is 90.4 Å². The van der Waals surface area contributed by atoms with E-state index < -0.39 is 103 Å². The number of aromatic nitrogens is 2. The number of hydrogen-bond acceptors (Lipinski definition) is 17. The molecule has 4 aromatic rings. The molecule has 4 heterocycles. The fourth-order valence-electron chi connectivity index (χ4n) is 9.45. The lowest BCUT2D eigenvalue weighted by atomic mass is 9.81. The van der Waals surface area contributed by atoms with Crippen molar-refractivity contribution in [1.29, 1.82) is 0 Å². The van der Waals surface area contributed by atoms with Crippen molar-refractivity contribution in [3.05, 3.63) is 108 Å². The number of carbonyl (C=O) groups is 7. The number of carbonyl (C=O) groups excluding carboxylic acids is 7. The van der Waals surface area contributed by atoms with Crippen LogP contribution >= 0.6 is 0 Å². The minimum Gasteiger partial charge on any atom is -0.458 e. The molecule has 1 aliphatic carbocycles. The summed E-state index contributed by atoms with van der Waals surface area (Å²) in [5.74, 6) is -5.11. The number of aryl methyl sites for hydroxylation is 1. The number of nitrogens with zero attached hydrogens (tertiary/aromatic N) is 5. The van der Waals surface area contributed by atoms with E-state index in [2.05, 4.69) is 41.9 Å². The van der Waals surface area contributed by atoms with Gasteiger partial charge in [0.1, 0.15) is 31.8 Å². The summed E-state index contributed by atoms with van der Waals surface area (Å²) in [6, 6.07) is 9.84. The van der Waals surface area contributed by atoms with Gasteiger partial charge in [0.15, 0.2) is 5.60 Å². The summed E-state index contributed by atoms with van der Waals surface area (Å²) >= 11 is 0. The Balaban J connectivity index is 0.827. The second-order valence-electron chi connectivity index (χ2n) is 18.8. The van der Waals surface area contributed by atoms with Gasteiger partial charge in [0.25, 0.3) is 5.56 Å². The topological polar surface area (TPSA) is 351 Å². The Bertz CT molecular complexity index is 3060. The highest BCUT2D eigenvalue weighted by Gasteiger charge is 2.46. The standard InChI is InChI=1S/C53H64FN11O15/c1-3-53(74)36-22-41-49-34(27-65(41)51(72)35(36)28-80-52(53)73)48-38(10-9-33-31(2)37(54)23-39(63-49)47(33)48)61-46(70)29-79-30-59-44(68)25-58-50(71)40(21-32-7-5-4-6-8-32)62-45(69)26-57-43(67)24-56-42(66)11-13-75-15-17-77-19-20-78-18-16-76-14-12-60-64-55/h4-8,22-23,38,40,74H,3,9-21,24-30H2,1-2H3,(H,56,66)(H,57,67)(H,58,71)(H,59,68)(H,61,70)(H,62,69)/t38-,40-,53-/m1/s1. The lowest BCUT2D eigenvalue weighted by Crippen LogP contribution is -2.52. The maximum Gasteiger partial charge on any atom is 0.343 e. The normalized spacial score (nSPS) is 16.0. The van der Waals surface area contributed by atoms with Crippen LogP contribution in [0, 0.1) is 12.7 Å². The van der Waals surface area contributed by atoms with Gasteiger partial charge in [-0.25, -0.2) is 14.2 Å². The predicted octanol–water partition coefficient (Wildman–Crippen LogP) is 0.564. The number of amides is 6. The molecule has 2 aliphatic heterocycles. The number of fused-ring (bicyclic) bond motifs is 5. The average Bonchev–Trinajstić information content (AvgIpc) is 4.06. The molecule has 3 aliphatic rings. The number of halogens is 1. The van der Waals surface area contributed by atoms with E-state index >= 15 is 4.39 Å². The van der Waals surface area contributed by atoms with Gasteiger partial charge in [0.2, 0.25) is 35.4 Å². The molecule has 26 nitrogen and oxygen atoms in total. The minimum atomic E-state index is -2.05. The number of aliphatic hydroxyl groups is 1. The van der Waals surface area contributed by atoms with Crippen molar-refractivity contribution in [2.24, 2.45) is 5.11 Å². The Hall–Kier alpha value is -7.91. The molecule has 80 heavy (non-hydrogen) atoms. The van der Waals surface area contributed by atoms with Crippen LogP contribution < -0.4 is 37.5 Å². The van der Waals surface area contributed by atoms with Crippen molar-refractivity contribution in [3.63, 3.8) is 0 Å². The van der Waals surface area contributed by atoms with Crippen molar-refractivity contribution < 1.29 is 71.5 Å². The smallest absolute Gasteiger partial charge is 0.343 e. The Morgan fingerprint density at radius 2 is 1.51 bits per heavy atom. The lowest BCUT2D eigenvalue weighted by Gasteiger charge is -2.31. The summed E-state index contributed by atoms with van der Waals surface area (Å²) in [7, 11) is 0. The molecule has 0 unspecified atom stereocenters. The van der Waals surface area contributed by atoms with Crippen LogP contribution in [-0.4, -0.2) is 154 Å². The van der Waals surface area contributed by atoms with Crippen LogP contribution in [0.3, 0.4) is 0 Å². The highest BCUT2D eigenvalue weighted by molar-refractivity contribution is 5.95. The third-order valence-electron chi connectivity index (χ3n) is 13.6. The molecule has 0 spiro atoms. The third kappa shape index (κ3) is 15.3. The van der Waals surface area contributed by atoms with Gasteiger partial charge >= 0.3 is 5.97 Å². The Morgan fingerprint density at radius 3 is 2.23 bits per heavy atom. The predicted molar refractivity (Wildman–Crippen MR) is 280 cm³/mol. The Kier molecular flexibility index (Phi) is 21.5. The molecule has 7 rings (SSSR count). The Morgan fingerprint density at radius 1 is 0.850 bits per heavy atom. The first-order valence-electron chi connectivity index (χ1n) is 26.0. The van der Waals surface area contributed by atoms with Gasteiger partial charge < -0.3 is 70.0 Å². The summed E-state index contributed by atoms with van der Waals surface area (Å²) in [5.41, 5.74) is 10.0. The van der Waals surface area contributed by atoms with E-state index in [-0.39, 0.29) is 69.9 Å². The lowest BCUT2D eigenvalue weighted by molar-refractivity contribution is -0.172. The molecule has 428 valence electrons. The summed E-state index contributed by atoms with van der Waals surface area (Å²) in [6.45, 7) is 3.17. The van der Waals surface area contributed by atoms with Gasteiger partial charge in [-0.2, -0.15) is 0 Å². The summed E-state index contributed by atoms with van der Waals surface area (Å²) in [6.07, 6.45) is 0.720. The van der Waals surface area contributed by atoms with Crippen molar-refractivity contribution in [2.45, 2.75) is 76.8 Å². The number of nitrogens with one attached hydrogen (secondary N) is 6. The van der Waals surface area contributed by atoms with Crippen molar-refractivity contribution in [3.8, 4) is 11.4 Å². The monoisotopic (exact) mass is 1110 g/mol. The number of cyclic esters (lactones) is 1. The Labute approximate surface area is 457 Å². The van der Waals surface area contributed by atoms with Gasteiger partial charge in [-0.15, -0.1) is 0 Å². The largest absolute Gasteiger partial charge is 0.458 e. The molecule has 0 radical (unpaired) electrons. The zero-order valence-corrected chi connectivity index (χ0v) is 44.3. The van der Waals surface area contributed by atoms with Crippen LogP contribution in [0.5, 0.6) is 0 Å². The quantitative estimate of drug-likeness (QED) is 0.00796. The van der Waals surface area contributed by atoms with Crippen LogP contribution in [0.1, 0.15) is 71.2 Å². The SMILES string of the molecule is CC[C@]1(O)C(=O)OCc2c1cc1n(c2=O)Cc2c-1nc1cc(F)c(C)c3c1c2[C@H](NC(=O)COCNC(=O)CNC(=O)[C@@H](Cc1ccccc1)NC(=O)CNC(=O)CNC(=O)CCOCCOCCOCCOCCN=[N+]=[N-])CC3. The number of esters is 1. The summed E-state index contributed by atoms with van der Waals surface area (Å²) < 4.78 is 48.9. The maximum absolute atomic E-state index is 15.4. The summed E-state index contributed by atoms with van der Waals surface area (Å²) in [5, 5.41) is 30.7. The molecule has 2 aromatic carbocycles. The first-order chi connectivity index (χ1) is 38.6. The molecule has 0 saturated heterocycles. The van der Waals surface area contributed by atoms with Gasteiger partial charge in [-0.3, -0.25) is 33.6 Å². The number of azide groups is 1. The highest BCUT2D eigenvalue weighted by Crippen LogP contribution is 2.46. The first kappa shape index (κ1) is 59.7. The van der Waals surface area contributed by atoms with Crippen LogP contribution in [0.2, 0.25) is 0 Å². The van der Waals surface area contributed by atoms with Crippen LogP contribution in [0.4, 0.5) is 4.39 Å².